The van der Waals surface area contributed by atoms with Crippen LogP contribution in [0.25, 0.3) is 0 Å². The summed E-state index contributed by atoms with van der Waals surface area (Å²) in [5.41, 5.74) is 3.21. The van der Waals surface area contributed by atoms with E-state index in [-0.39, 0.29) is 24.1 Å². The Morgan fingerprint density at radius 3 is 2.76 bits per heavy atom. The van der Waals surface area contributed by atoms with Crippen molar-refractivity contribution >= 4 is 17.7 Å². The van der Waals surface area contributed by atoms with Crippen molar-refractivity contribution in [2.45, 2.75) is 51.2 Å². The summed E-state index contributed by atoms with van der Waals surface area (Å²) < 4.78 is 0. The molecule has 3 N–H and O–H groups in total. The predicted octanol–water partition coefficient (Wildman–Crippen LogP) is 0.927. The number of hydrogen-bond acceptors (Lipinski definition) is 5. The van der Waals surface area contributed by atoms with Gasteiger partial charge in [0.15, 0.2) is 0 Å². The van der Waals surface area contributed by atoms with Gasteiger partial charge < -0.3 is 15.5 Å². The lowest BCUT2D eigenvalue weighted by Gasteiger charge is -2.29. The Balaban J connectivity index is 1.28. The SMILES string of the molecule is O=C1CCC(N2Cc3c(CNCC4(C5CC5)CCNC4)cccc3C2=O)C(=O)N1. The molecule has 3 heterocycles. The summed E-state index contributed by atoms with van der Waals surface area (Å²) in [6.45, 7) is 4.37. The number of piperidine rings is 1. The van der Waals surface area contributed by atoms with Crippen LogP contribution in [0.4, 0.5) is 0 Å². The van der Waals surface area contributed by atoms with Crippen LogP contribution < -0.4 is 16.0 Å². The molecule has 0 radical (unpaired) electrons. The Labute approximate surface area is 170 Å². The van der Waals surface area contributed by atoms with Crippen LogP contribution in [0.3, 0.4) is 0 Å². The summed E-state index contributed by atoms with van der Waals surface area (Å²) >= 11 is 0. The third-order valence-electron chi connectivity index (χ3n) is 7.19. The first-order chi connectivity index (χ1) is 14.1. The third-order valence-corrected chi connectivity index (χ3v) is 7.19. The number of carbonyl (C=O) groups is 3. The van der Waals surface area contributed by atoms with Crippen molar-refractivity contribution in [3.05, 3.63) is 34.9 Å². The number of nitrogens with zero attached hydrogens (tertiary/aromatic N) is 1. The second-order valence-corrected chi connectivity index (χ2v) is 9.01. The summed E-state index contributed by atoms with van der Waals surface area (Å²) in [6, 6.07) is 5.29. The van der Waals surface area contributed by atoms with E-state index in [4.69, 9.17) is 0 Å². The molecule has 29 heavy (non-hydrogen) atoms. The highest BCUT2D eigenvalue weighted by Crippen LogP contribution is 2.48. The van der Waals surface area contributed by atoms with Gasteiger partial charge in [0.2, 0.25) is 11.8 Å². The molecule has 0 bridgehead atoms. The normalized spacial score (nSPS) is 29.3. The van der Waals surface area contributed by atoms with Crippen molar-refractivity contribution in [1.82, 2.24) is 20.9 Å². The van der Waals surface area contributed by atoms with Crippen LogP contribution >= 0.6 is 0 Å². The molecule has 154 valence electrons. The molecule has 1 aliphatic carbocycles. The van der Waals surface area contributed by atoms with Crippen molar-refractivity contribution < 1.29 is 14.4 Å². The van der Waals surface area contributed by atoms with Gasteiger partial charge in [0.1, 0.15) is 6.04 Å². The maximum atomic E-state index is 12.9. The zero-order valence-corrected chi connectivity index (χ0v) is 16.6. The van der Waals surface area contributed by atoms with Crippen LogP contribution in [0, 0.1) is 11.3 Å². The van der Waals surface area contributed by atoms with Gasteiger partial charge in [0.05, 0.1) is 0 Å². The fraction of sp³-hybridized carbons (Fsp3) is 0.591. The average molecular weight is 396 g/mol. The first-order valence-electron chi connectivity index (χ1n) is 10.7. The zero-order valence-electron chi connectivity index (χ0n) is 16.6. The fourth-order valence-corrected chi connectivity index (χ4v) is 5.36. The fourth-order valence-electron chi connectivity index (χ4n) is 5.36. The van der Waals surface area contributed by atoms with Gasteiger partial charge in [-0.3, -0.25) is 19.7 Å². The van der Waals surface area contributed by atoms with Crippen molar-refractivity contribution in [3.63, 3.8) is 0 Å². The standard InChI is InChI=1S/C22H28N4O3/c27-19-7-6-18(20(28)25-19)26-11-17-14(2-1-3-16(17)21(26)29)10-24-13-22(15-4-5-15)8-9-23-12-22/h1-3,15,18,23-24H,4-13H2,(H,25,27,28). The molecule has 1 aromatic carbocycles. The van der Waals surface area contributed by atoms with Crippen LogP contribution in [0.5, 0.6) is 0 Å². The molecule has 0 spiro atoms. The lowest BCUT2D eigenvalue weighted by molar-refractivity contribution is -0.136. The first-order valence-corrected chi connectivity index (χ1v) is 10.7. The quantitative estimate of drug-likeness (QED) is 0.623. The van der Waals surface area contributed by atoms with Gasteiger partial charge in [-0.15, -0.1) is 0 Å². The van der Waals surface area contributed by atoms with E-state index in [2.05, 4.69) is 22.0 Å². The van der Waals surface area contributed by atoms with Gasteiger partial charge in [0, 0.05) is 38.2 Å². The molecule has 7 nitrogen and oxygen atoms in total. The summed E-state index contributed by atoms with van der Waals surface area (Å²) in [7, 11) is 0. The van der Waals surface area contributed by atoms with E-state index in [1.54, 1.807) is 4.90 Å². The zero-order chi connectivity index (χ0) is 20.0. The number of fused-ring (bicyclic) bond motifs is 1. The maximum absolute atomic E-state index is 12.9. The Morgan fingerprint density at radius 1 is 1.17 bits per heavy atom. The monoisotopic (exact) mass is 396 g/mol. The molecular weight excluding hydrogens is 368 g/mol. The van der Waals surface area contributed by atoms with E-state index < -0.39 is 6.04 Å². The molecule has 2 unspecified atom stereocenters. The Morgan fingerprint density at radius 2 is 2.03 bits per heavy atom. The van der Waals surface area contributed by atoms with Crippen LogP contribution in [-0.2, 0) is 22.7 Å². The molecule has 3 amide bonds. The molecule has 3 fully saturated rings. The number of nitrogens with one attached hydrogen (secondary N) is 3. The predicted molar refractivity (Wildman–Crippen MR) is 107 cm³/mol. The van der Waals surface area contributed by atoms with Crippen LogP contribution in [0.15, 0.2) is 18.2 Å². The van der Waals surface area contributed by atoms with Gasteiger partial charge in [-0.25, -0.2) is 0 Å². The van der Waals surface area contributed by atoms with Gasteiger partial charge in [-0.05, 0) is 60.8 Å². The van der Waals surface area contributed by atoms with E-state index in [1.165, 1.54) is 19.3 Å². The second kappa shape index (κ2) is 7.22. The molecule has 1 saturated carbocycles. The number of benzene rings is 1. The molecule has 4 aliphatic rings. The Bertz CT molecular complexity index is 858. The molecule has 0 aromatic heterocycles. The summed E-state index contributed by atoms with van der Waals surface area (Å²) in [5.74, 6) is 0.121. The molecule has 1 aromatic rings. The highest BCUT2D eigenvalue weighted by atomic mass is 16.2. The molecule has 3 aliphatic heterocycles. The minimum atomic E-state index is -0.559. The van der Waals surface area contributed by atoms with Gasteiger partial charge >= 0.3 is 0 Å². The highest BCUT2D eigenvalue weighted by molar-refractivity contribution is 6.05. The topological polar surface area (TPSA) is 90.5 Å². The van der Waals surface area contributed by atoms with E-state index in [9.17, 15) is 14.4 Å². The maximum Gasteiger partial charge on any atom is 0.255 e. The summed E-state index contributed by atoms with van der Waals surface area (Å²) in [5, 5.41) is 9.56. The summed E-state index contributed by atoms with van der Waals surface area (Å²) in [6.07, 6.45) is 4.61. The van der Waals surface area contributed by atoms with Gasteiger partial charge in [-0.1, -0.05) is 12.1 Å². The number of hydrogen-bond donors (Lipinski definition) is 3. The number of rotatable bonds is 6. The largest absolute Gasteiger partial charge is 0.322 e. The Kier molecular flexibility index (Phi) is 4.67. The van der Waals surface area contributed by atoms with Crippen molar-refractivity contribution in [3.8, 4) is 0 Å². The lowest BCUT2D eigenvalue weighted by Crippen LogP contribution is -2.52. The molecule has 2 atom stereocenters. The van der Waals surface area contributed by atoms with Gasteiger partial charge in [0.25, 0.3) is 5.91 Å². The van der Waals surface area contributed by atoms with Crippen LogP contribution in [-0.4, -0.2) is 48.3 Å². The van der Waals surface area contributed by atoms with Crippen LogP contribution in [0.2, 0.25) is 0 Å². The first kappa shape index (κ1) is 18.8. The van der Waals surface area contributed by atoms with E-state index in [0.717, 1.165) is 43.2 Å². The molecule has 5 rings (SSSR count). The minimum Gasteiger partial charge on any atom is -0.322 e. The van der Waals surface area contributed by atoms with Crippen molar-refractivity contribution in [2.75, 3.05) is 19.6 Å². The van der Waals surface area contributed by atoms with E-state index >= 15 is 0 Å². The molecular formula is C22H28N4O3. The van der Waals surface area contributed by atoms with E-state index in [0.29, 0.717) is 23.9 Å². The minimum absolute atomic E-state index is 0.106. The molecule has 7 heteroatoms. The van der Waals surface area contributed by atoms with Gasteiger partial charge in [-0.2, -0.15) is 0 Å². The third kappa shape index (κ3) is 3.36. The number of carbonyl (C=O) groups excluding carboxylic acids is 3. The molecule has 2 saturated heterocycles. The van der Waals surface area contributed by atoms with E-state index in [1.807, 2.05) is 12.1 Å². The Hall–Kier alpha value is -2.25. The summed E-state index contributed by atoms with van der Waals surface area (Å²) in [4.78, 5) is 38.3. The second-order valence-electron chi connectivity index (χ2n) is 9.01. The lowest BCUT2D eigenvalue weighted by atomic mass is 9.81. The highest BCUT2D eigenvalue weighted by Gasteiger charge is 2.46. The average Bonchev–Trinajstić information content (AvgIpc) is 3.37. The van der Waals surface area contributed by atoms with Crippen molar-refractivity contribution in [1.29, 1.82) is 0 Å². The van der Waals surface area contributed by atoms with Crippen LogP contribution in [0.1, 0.15) is 53.6 Å². The number of imide groups is 1. The smallest absolute Gasteiger partial charge is 0.255 e. The number of amides is 3. The van der Waals surface area contributed by atoms with Crippen molar-refractivity contribution in [2.24, 2.45) is 11.3 Å².